The first kappa shape index (κ1) is 12.5. The highest BCUT2D eigenvalue weighted by atomic mass is 19.1. The van der Waals surface area contributed by atoms with Crippen molar-refractivity contribution < 1.29 is 4.39 Å². The van der Waals surface area contributed by atoms with E-state index in [4.69, 9.17) is 0 Å². The molecule has 17 heavy (non-hydrogen) atoms. The van der Waals surface area contributed by atoms with Gasteiger partial charge in [0, 0.05) is 19.1 Å². The van der Waals surface area contributed by atoms with E-state index in [1.807, 2.05) is 13.1 Å². The first-order valence-electron chi connectivity index (χ1n) is 6.42. The van der Waals surface area contributed by atoms with Crippen molar-refractivity contribution in [1.29, 1.82) is 0 Å². The number of nitrogens with one attached hydrogen (secondary N) is 1. The van der Waals surface area contributed by atoms with Crippen LogP contribution in [0.25, 0.3) is 0 Å². The number of hydrogen-bond donors (Lipinski definition) is 1. The molecule has 0 aromatic heterocycles. The Bertz CT molecular complexity index is 352. The molecule has 1 saturated heterocycles. The number of likely N-dealkylation sites (tertiary alicyclic amines) is 1. The van der Waals surface area contributed by atoms with Crippen LogP contribution in [-0.2, 0) is 6.54 Å². The molecule has 1 aromatic carbocycles. The molecule has 1 atom stereocenters. The maximum atomic E-state index is 13.1. The Morgan fingerprint density at radius 1 is 1.41 bits per heavy atom. The summed E-state index contributed by atoms with van der Waals surface area (Å²) in [6.45, 7) is 3.02. The van der Waals surface area contributed by atoms with Gasteiger partial charge in [-0.2, -0.15) is 0 Å². The van der Waals surface area contributed by atoms with Crippen LogP contribution in [0.1, 0.15) is 24.8 Å². The summed E-state index contributed by atoms with van der Waals surface area (Å²) < 4.78 is 13.1. The molecule has 1 aliphatic rings. The second-order valence-corrected chi connectivity index (χ2v) is 4.81. The van der Waals surface area contributed by atoms with E-state index in [1.165, 1.54) is 25.3 Å². The van der Waals surface area contributed by atoms with E-state index in [-0.39, 0.29) is 5.82 Å². The highest BCUT2D eigenvalue weighted by Crippen LogP contribution is 2.19. The highest BCUT2D eigenvalue weighted by Gasteiger charge is 2.21. The van der Waals surface area contributed by atoms with Gasteiger partial charge in [-0.3, -0.25) is 4.90 Å². The fourth-order valence-corrected chi connectivity index (χ4v) is 2.60. The van der Waals surface area contributed by atoms with Gasteiger partial charge >= 0.3 is 0 Å². The zero-order valence-electron chi connectivity index (χ0n) is 10.5. The summed E-state index contributed by atoms with van der Waals surface area (Å²) in [6.07, 6.45) is 3.82. The number of benzene rings is 1. The Labute approximate surface area is 103 Å². The van der Waals surface area contributed by atoms with E-state index in [0.717, 1.165) is 25.2 Å². The minimum atomic E-state index is -0.135. The quantitative estimate of drug-likeness (QED) is 0.863. The second-order valence-electron chi connectivity index (χ2n) is 4.81. The van der Waals surface area contributed by atoms with E-state index in [2.05, 4.69) is 10.2 Å². The van der Waals surface area contributed by atoms with Gasteiger partial charge < -0.3 is 5.32 Å². The molecule has 1 fully saturated rings. The van der Waals surface area contributed by atoms with Gasteiger partial charge in [-0.25, -0.2) is 4.39 Å². The van der Waals surface area contributed by atoms with Crippen molar-refractivity contribution in [2.75, 3.05) is 20.1 Å². The van der Waals surface area contributed by atoms with Crippen molar-refractivity contribution >= 4 is 0 Å². The molecule has 94 valence electrons. The number of hydrogen-bond acceptors (Lipinski definition) is 2. The molecule has 0 spiro atoms. The van der Waals surface area contributed by atoms with Crippen LogP contribution in [0.4, 0.5) is 4.39 Å². The van der Waals surface area contributed by atoms with Crippen LogP contribution in [0.5, 0.6) is 0 Å². The van der Waals surface area contributed by atoms with Crippen molar-refractivity contribution in [3.8, 4) is 0 Å². The van der Waals surface area contributed by atoms with E-state index in [1.54, 1.807) is 12.1 Å². The minimum absolute atomic E-state index is 0.135. The molecule has 1 aromatic rings. The molecule has 2 nitrogen and oxygen atoms in total. The molecule has 0 aliphatic carbocycles. The first-order chi connectivity index (χ1) is 8.29. The molecule has 0 bridgehead atoms. The predicted octanol–water partition coefficient (Wildman–Crippen LogP) is 2.40. The van der Waals surface area contributed by atoms with Gasteiger partial charge in [0.2, 0.25) is 0 Å². The van der Waals surface area contributed by atoms with Crippen LogP contribution in [0.15, 0.2) is 24.3 Å². The third-order valence-electron chi connectivity index (χ3n) is 3.46. The fraction of sp³-hybridized carbons (Fsp3) is 0.571. The van der Waals surface area contributed by atoms with Crippen LogP contribution in [0.3, 0.4) is 0 Å². The molecule has 0 saturated carbocycles. The van der Waals surface area contributed by atoms with Crippen molar-refractivity contribution in [3.63, 3.8) is 0 Å². The van der Waals surface area contributed by atoms with E-state index in [9.17, 15) is 4.39 Å². The van der Waals surface area contributed by atoms with Crippen molar-refractivity contribution in [2.24, 2.45) is 0 Å². The maximum absolute atomic E-state index is 13.1. The predicted molar refractivity (Wildman–Crippen MR) is 68.4 cm³/mol. The molecule has 1 N–H and O–H groups in total. The number of nitrogens with zero attached hydrogens (tertiary/aromatic N) is 1. The zero-order chi connectivity index (χ0) is 12.1. The summed E-state index contributed by atoms with van der Waals surface area (Å²) in [5.41, 5.74) is 1.08. The number of likely N-dealkylation sites (N-methyl/N-ethyl adjacent to an activating group) is 1. The summed E-state index contributed by atoms with van der Waals surface area (Å²) in [5.74, 6) is -0.135. The number of rotatable bonds is 4. The number of halogens is 1. The van der Waals surface area contributed by atoms with Crippen molar-refractivity contribution in [3.05, 3.63) is 35.6 Å². The third-order valence-corrected chi connectivity index (χ3v) is 3.46. The lowest BCUT2D eigenvalue weighted by Crippen LogP contribution is -2.44. The average molecular weight is 236 g/mol. The molecule has 1 aliphatic heterocycles. The van der Waals surface area contributed by atoms with Crippen LogP contribution in [-0.4, -0.2) is 31.1 Å². The summed E-state index contributed by atoms with van der Waals surface area (Å²) in [5, 5.41) is 3.25. The second kappa shape index (κ2) is 6.12. The Kier molecular flexibility index (Phi) is 4.51. The smallest absolute Gasteiger partial charge is 0.123 e. The van der Waals surface area contributed by atoms with Crippen LogP contribution in [0, 0.1) is 5.82 Å². The van der Waals surface area contributed by atoms with E-state index in [0.29, 0.717) is 6.04 Å². The summed E-state index contributed by atoms with van der Waals surface area (Å²) in [7, 11) is 2.00. The molecule has 0 amide bonds. The lowest BCUT2D eigenvalue weighted by atomic mass is 10.0. The third kappa shape index (κ3) is 3.51. The van der Waals surface area contributed by atoms with Crippen LogP contribution < -0.4 is 5.32 Å². The van der Waals surface area contributed by atoms with E-state index >= 15 is 0 Å². The average Bonchev–Trinajstić information content (AvgIpc) is 2.32. The van der Waals surface area contributed by atoms with Crippen molar-refractivity contribution in [2.45, 2.75) is 31.8 Å². The lowest BCUT2D eigenvalue weighted by molar-refractivity contribution is 0.139. The molecule has 0 radical (unpaired) electrons. The van der Waals surface area contributed by atoms with Crippen LogP contribution in [0.2, 0.25) is 0 Å². The largest absolute Gasteiger partial charge is 0.318 e. The standard InChI is InChI=1S/C14H21FN2/c1-16-10-14-7-2-3-8-17(14)11-12-5-4-6-13(15)9-12/h4-6,9,14,16H,2-3,7-8,10-11H2,1H3. The summed E-state index contributed by atoms with van der Waals surface area (Å²) in [4.78, 5) is 2.47. The highest BCUT2D eigenvalue weighted by molar-refractivity contribution is 5.16. The van der Waals surface area contributed by atoms with Gasteiger partial charge in [0.15, 0.2) is 0 Å². The maximum Gasteiger partial charge on any atom is 0.123 e. The molecule has 3 heteroatoms. The Morgan fingerprint density at radius 3 is 3.06 bits per heavy atom. The molecular weight excluding hydrogens is 215 g/mol. The van der Waals surface area contributed by atoms with Gasteiger partial charge in [0.05, 0.1) is 0 Å². The zero-order valence-corrected chi connectivity index (χ0v) is 10.5. The molecule has 2 rings (SSSR count). The van der Waals surface area contributed by atoms with Gasteiger partial charge in [0.25, 0.3) is 0 Å². The Morgan fingerprint density at radius 2 is 2.29 bits per heavy atom. The van der Waals surface area contributed by atoms with Crippen LogP contribution >= 0.6 is 0 Å². The fourth-order valence-electron chi connectivity index (χ4n) is 2.60. The topological polar surface area (TPSA) is 15.3 Å². The minimum Gasteiger partial charge on any atom is -0.318 e. The molecular formula is C14H21FN2. The Hall–Kier alpha value is -0.930. The van der Waals surface area contributed by atoms with Gasteiger partial charge in [-0.1, -0.05) is 18.6 Å². The lowest BCUT2D eigenvalue weighted by Gasteiger charge is -2.35. The van der Waals surface area contributed by atoms with Gasteiger partial charge in [-0.15, -0.1) is 0 Å². The number of piperidine rings is 1. The molecule has 1 heterocycles. The summed E-state index contributed by atoms with van der Waals surface area (Å²) >= 11 is 0. The summed E-state index contributed by atoms with van der Waals surface area (Å²) in [6, 6.07) is 7.54. The van der Waals surface area contributed by atoms with E-state index < -0.39 is 0 Å². The van der Waals surface area contributed by atoms with Gasteiger partial charge in [0.1, 0.15) is 5.82 Å². The Balaban J connectivity index is 2.00. The first-order valence-corrected chi connectivity index (χ1v) is 6.42. The SMILES string of the molecule is CNCC1CCCCN1Cc1cccc(F)c1. The van der Waals surface area contributed by atoms with Crippen molar-refractivity contribution in [1.82, 2.24) is 10.2 Å². The normalized spacial score (nSPS) is 21.6. The van der Waals surface area contributed by atoms with Gasteiger partial charge in [-0.05, 0) is 44.1 Å². The molecule has 1 unspecified atom stereocenters. The monoisotopic (exact) mass is 236 g/mol.